The normalized spacial score (nSPS) is 17.3. The Balaban J connectivity index is 1.42. The van der Waals surface area contributed by atoms with Gasteiger partial charge in [0.25, 0.3) is 0 Å². The monoisotopic (exact) mass is 410 g/mol. The van der Waals surface area contributed by atoms with Crippen molar-refractivity contribution < 1.29 is 4.79 Å². The number of hydrogen-bond donors (Lipinski definition) is 1. The van der Waals surface area contributed by atoms with Crippen molar-refractivity contribution in [2.24, 2.45) is 0 Å². The molecule has 0 aromatic carbocycles. The van der Waals surface area contributed by atoms with E-state index >= 15 is 0 Å². The van der Waals surface area contributed by atoms with Crippen LogP contribution in [0.25, 0.3) is 21.8 Å². The largest absolute Gasteiger partial charge is 0.354 e. The van der Waals surface area contributed by atoms with Gasteiger partial charge in [-0.15, -0.1) is 11.3 Å². The van der Waals surface area contributed by atoms with E-state index in [-0.39, 0.29) is 5.91 Å². The van der Waals surface area contributed by atoms with Crippen molar-refractivity contribution in [2.75, 3.05) is 20.1 Å². The zero-order valence-corrected chi connectivity index (χ0v) is 17.4. The summed E-state index contributed by atoms with van der Waals surface area (Å²) in [6, 6.07) is 4.47. The third-order valence-electron chi connectivity index (χ3n) is 5.42. The van der Waals surface area contributed by atoms with Gasteiger partial charge in [-0.2, -0.15) is 5.10 Å². The fourth-order valence-electron chi connectivity index (χ4n) is 3.84. The number of carbonyl (C=O) groups excluding carboxylic acids is 1. The third-order valence-corrected chi connectivity index (χ3v) is 6.30. The molecule has 1 N–H and O–H groups in total. The molecule has 0 radical (unpaired) electrons. The van der Waals surface area contributed by atoms with Crippen molar-refractivity contribution in [3.63, 3.8) is 0 Å². The highest BCUT2D eigenvalue weighted by Crippen LogP contribution is 2.33. The van der Waals surface area contributed by atoms with E-state index in [0.29, 0.717) is 25.6 Å². The first-order valence-corrected chi connectivity index (χ1v) is 10.9. The summed E-state index contributed by atoms with van der Waals surface area (Å²) in [4.78, 5) is 24.4. The summed E-state index contributed by atoms with van der Waals surface area (Å²) in [5, 5.41) is 9.69. The average molecular weight is 411 g/mol. The van der Waals surface area contributed by atoms with Crippen LogP contribution in [0.3, 0.4) is 0 Å². The average Bonchev–Trinajstić information content (AvgIpc) is 3.40. The lowest BCUT2D eigenvalue weighted by Crippen LogP contribution is -2.40. The molecule has 3 aromatic rings. The SMILES string of the molecule is CN1CCCC[C@H]1CC(=O)NCCn1ncc(-c2cnccn2)c1-c1cccs1. The van der Waals surface area contributed by atoms with Crippen molar-refractivity contribution in [3.8, 4) is 21.8 Å². The Hall–Kier alpha value is -2.58. The molecule has 0 aliphatic carbocycles. The van der Waals surface area contributed by atoms with E-state index in [2.05, 4.69) is 43.8 Å². The first-order valence-electron chi connectivity index (χ1n) is 10.1. The molecule has 8 heteroatoms. The van der Waals surface area contributed by atoms with Gasteiger partial charge in [0.1, 0.15) is 0 Å². The first kappa shape index (κ1) is 19.7. The standard InChI is InChI=1S/C21H26N6OS/c1-26-10-3-2-5-16(26)13-20(28)24-9-11-27-21(19-6-4-12-29-19)17(14-25-27)18-15-22-7-8-23-18/h4,6-8,12,14-16H,2-3,5,9-11,13H2,1H3,(H,24,28)/t16-/m0/s1. The number of thiophene rings is 1. The molecule has 4 rings (SSSR count). The van der Waals surface area contributed by atoms with E-state index in [0.717, 1.165) is 34.8 Å². The number of likely N-dealkylation sites (tertiary alicyclic amines) is 1. The summed E-state index contributed by atoms with van der Waals surface area (Å²) in [5.74, 6) is 0.114. The van der Waals surface area contributed by atoms with E-state index in [1.807, 2.05) is 16.9 Å². The first-order chi connectivity index (χ1) is 14.2. The molecule has 1 aliphatic rings. The van der Waals surface area contributed by atoms with E-state index in [4.69, 9.17) is 0 Å². The van der Waals surface area contributed by atoms with Gasteiger partial charge in [0.05, 0.1) is 35.2 Å². The van der Waals surface area contributed by atoms with Crippen LogP contribution in [0.5, 0.6) is 0 Å². The van der Waals surface area contributed by atoms with Crippen molar-refractivity contribution in [1.29, 1.82) is 0 Å². The number of carbonyl (C=O) groups is 1. The maximum absolute atomic E-state index is 12.4. The zero-order chi connectivity index (χ0) is 20.1. The molecule has 152 valence electrons. The minimum Gasteiger partial charge on any atom is -0.354 e. The van der Waals surface area contributed by atoms with E-state index in [1.54, 1.807) is 29.9 Å². The molecule has 0 saturated carbocycles. The van der Waals surface area contributed by atoms with Crippen LogP contribution in [-0.4, -0.2) is 56.7 Å². The van der Waals surface area contributed by atoms with Crippen molar-refractivity contribution >= 4 is 17.2 Å². The number of hydrogen-bond acceptors (Lipinski definition) is 6. The van der Waals surface area contributed by atoms with Gasteiger partial charge in [0.2, 0.25) is 5.91 Å². The molecule has 29 heavy (non-hydrogen) atoms. The summed E-state index contributed by atoms with van der Waals surface area (Å²) in [7, 11) is 2.11. The molecule has 1 atom stereocenters. The van der Waals surface area contributed by atoms with E-state index in [1.165, 1.54) is 12.8 Å². The number of rotatable bonds is 7. The van der Waals surface area contributed by atoms with Crippen molar-refractivity contribution in [1.82, 2.24) is 30.0 Å². The minimum atomic E-state index is 0.114. The number of amides is 1. The van der Waals surface area contributed by atoms with Crippen LogP contribution in [0.4, 0.5) is 0 Å². The van der Waals surface area contributed by atoms with Gasteiger partial charge in [-0.05, 0) is 37.9 Å². The molecule has 1 amide bonds. The van der Waals surface area contributed by atoms with Gasteiger partial charge in [-0.3, -0.25) is 19.4 Å². The number of nitrogens with zero attached hydrogens (tertiary/aromatic N) is 5. The maximum atomic E-state index is 12.4. The van der Waals surface area contributed by atoms with E-state index in [9.17, 15) is 4.79 Å². The summed E-state index contributed by atoms with van der Waals surface area (Å²) in [5.41, 5.74) is 2.77. The second kappa shape index (κ2) is 9.28. The van der Waals surface area contributed by atoms with Crippen molar-refractivity contribution in [2.45, 2.75) is 38.3 Å². The quantitative estimate of drug-likeness (QED) is 0.648. The zero-order valence-electron chi connectivity index (χ0n) is 16.6. The lowest BCUT2D eigenvalue weighted by Gasteiger charge is -2.31. The van der Waals surface area contributed by atoms with Gasteiger partial charge in [0, 0.05) is 37.0 Å². The Labute approximate surface area is 174 Å². The summed E-state index contributed by atoms with van der Waals surface area (Å²) >= 11 is 1.67. The van der Waals surface area contributed by atoms with Crippen LogP contribution in [-0.2, 0) is 11.3 Å². The van der Waals surface area contributed by atoms with Gasteiger partial charge >= 0.3 is 0 Å². The molecule has 1 saturated heterocycles. The predicted octanol–water partition coefficient (Wildman–Crippen LogP) is 3.06. The van der Waals surface area contributed by atoms with Crippen LogP contribution < -0.4 is 5.32 Å². The number of aromatic nitrogens is 4. The van der Waals surface area contributed by atoms with Gasteiger partial charge in [0.15, 0.2) is 0 Å². The molecule has 4 heterocycles. The predicted molar refractivity (Wildman–Crippen MR) is 114 cm³/mol. The van der Waals surface area contributed by atoms with E-state index < -0.39 is 0 Å². The maximum Gasteiger partial charge on any atom is 0.221 e. The molecule has 7 nitrogen and oxygen atoms in total. The smallest absolute Gasteiger partial charge is 0.221 e. The fourth-order valence-corrected chi connectivity index (χ4v) is 4.63. The Morgan fingerprint density at radius 2 is 2.24 bits per heavy atom. The summed E-state index contributed by atoms with van der Waals surface area (Å²) in [6.45, 7) is 2.25. The van der Waals surface area contributed by atoms with Gasteiger partial charge in [-0.25, -0.2) is 0 Å². The van der Waals surface area contributed by atoms with Crippen molar-refractivity contribution in [3.05, 3.63) is 42.3 Å². The molecule has 0 bridgehead atoms. The Kier molecular flexibility index (Phi) is 6.31. The number of piperidine rings is 1. The Morgan fingerprint density at radius 3 is 3.00 bits per heavy atom. The van der Waals surface area contributed by atoms with Crippen LogP contribution >= 0.6 is 11.3 Å². The lowest BCUT2D eigenvalue weighted by atomic mass is 10.00. The molecule has 1 aliphatic heterocycles. The second-order valence-electron chi connectivity index (χ2n) is 7.38. The highest BCUT2D eigenvalue weighted by Gasteiger charge is 2.22. The molecule has 0 spiro atoms. The van der Waals surface area contributed by atoms with Crippen LogP contribution in [0.2, 0.25) is 0 Å². The minimum absolute atomic E-state index is 0.114. The van der Waals surface area contributed by atoms with Gasteiger partial charge < -0.3 is 10.2 Å². The molecule has 1 fully saturated rings. The Morgan fingerprint density at radius 1 is 1.31 bits per heavy atom. The highest BCUT2D eigenvalue weighted by molar-refractivity contribution is 7.13. The summed E-state index contributed by atoms with van der Waals surface area (Å²) < 4.78 is 1.95. The van der Waals surface area contributed by atoms with Gasteiger partial charge in [-0.1, -0.05) is 12.5 Å². The third kappa shape index (κ3) is 4.71. The van der Waals surface area contributed by atoms with Crippen LogP contribution in [0, 0.1) is 0 Å². The summed E-state index contributed by atoms with van der Waals surface area (Å²) in [6.07, 6.45) is 11.0. The fraction of sp³-hybridized carbons (Fsp3) is 0.429. The molecule has 0 unspecified atom stereocenters. The topological polar surface area (TPSA) is 75.9 Å². The molecular weight excluding hydrogens is 384 g/mol. The van der Waals surface area contributed by atoms with Crippen LogP contribution in [0.15, 0.2) is 42.3 Å². The van der Waals surface area contributed by atoms with Crippen LogP contribution in [0.1, 0.15) is 25.7 Å². The lowest BCUT2D eigenvalue weighted by molar-refractivity contribution is -0.122. The number of nitrogens with one attached hydrogen (secondary N) is 1. The molecular formula is C21H26N6OS. The second-order valence-corrected chi connectivity index (χ2v) is 8.33. The highest BCUT2D eigenvalue weighted by atomic mass is 32.1. The Bertz CT molecular complexity index is 924. The molecule has 3 aromatic heterocycles.